The van der Waals surface area contributed by atoms with E-state index in [-0.39, 0.29) is 0 Å². The van der Waals surface area contributed by atoms with Crippen LogP contribution < -0.4 is 0 Å². The lowest BCUT2D eigenvalue weighted by molar-refractivity contribution is 0.668. The van der Waals surface area contributed by atoms with Crippen LogP contribution in [0.15, 0.2) is 179 Å². The lowest BCUT2D eigenvalue weighted by atomic mass is 9.95. The largest absolute Gasteiger partial charge is 0.456 e. The second-order valence-electron chi connectivity index (χ2n) is 13.4. The molecule has 54 heavy (non-hydrogen) atoms. The van der Waals surface area contributed by atoms with Crippen LogP contribution in [-0.4, -0.2) is 19.9 Å². The molecule has 0 saturated carbocycles. The molecular formula is C48H28N4O2. The highest BCUT2D eigenvalue weighted by Gasteiger charge is 2.21. The van der Waals surface area contributed by atoms with Gasteiger partial charge in [0.05, 0.1) is 11.1 Å². The molecule has 0 bridgehead atoms. The summed E-state index contributed by atoms with van der Waals surface area (Å²) in [5, 5.41) is 6.07. The van der Waals surface area contributed by atoms with Crippen LogP contribution >= 0.6 is 0 Å². The number of furan rings is 2. The van der Waals surface area contributed by atoms with Crippen LogP contribution in [-0.2, 0) is 0 Å². The lowest BCUT2D eigenvalue weighted by Gasteiger charge is -2.13. The van der Waals surface area contributed by atoms with E-state index in [0.717, 1.165) is 93.7 Å². The molecule has 11 rings (SSSR count). The van der Waals surface area contributed by atoms with Crippen LogP contribution in [0.4, 0.5) is 0 Å². The van der Waals surface area contributed by atoms with Crippen LogP contribution in [0.1, 0.15) is 0 Å². The summed E-state index contributed by atoms with van der Waals surface area (Å²) in [6.07, 6.45) is 1.82. The predicted octanol–water partition coefficient (Wildman–Crippen LogP) is 12.6. The minimum atomic E-state index is 0.571. The van der Waals surface area contributed by atoms with Gasteiger partial charge in [0.2, 0.25) is 0 Å². The van der Waals surface area contributed by atoms with Gasteiger partial charge in [-0.2, -0.15) is 0 Å². The molecule has 6 heteroatoms. The topological polar surface area (TPSA) is 77.8 Å². The number of benzene rings is 7. The van der Waals surface area contributed by atoms with Crippen molar-refractivity contribution in [3.63, 3.8) is 0 Å². The van der Waals surface area contributed by atoms with Gasteiger partial charge in [-0.3, -0.25) is 4.98 Å². The van der Waals surface area contributed by atoms with E-state index in [9.17, 15) is 0 Å². The van der Waals surface area contributed by atoms with Crippen molar-refractivity contribution < 1.29 is 8.83 Å². The van der Waals surface area contributed by atoms with Crippen LogP contribution in [0.25, 0.3) is 111 Å². The quantitative estimate of drug-likeness (QED) is 0.179. The van der Waals surface area contributed by atoms with E-state index in [2.05, 4.69) is 103 Å². The van der Waals surface area contributed by atoms with Crippen molar-refractivity contribution in [3.05, 3.63) is 170 Å². The standard InChI is InChI=1S/C48H28N4O2/c1-2-12-29(13-3-1)30-14-8-15-31(28-30)46-50-47(52-48(51-46)38-22-11-25-41-43(38)36-16-4-6-23-39(36)53-41)35-21-10-18-32-33(35)19-9-20-34(32)45-44-37-17-5-7-24-40(37)54-42(44)26-27-49-45/h1-28H. The van der Waals surface area contributed by atoms with Crippen molar-refractivity contribution in [1.82, 2.24) is 19.9 Å². The fourth-order valence-electron chi connectivity index (χ4n) is 7.76. The Kier molecular flexibility index (Phi) is 6.75. The van der Waals surface area contributed by atoms with Gasteiger partial charge in [-0.25, -0.2) is 15.0 Å². The number of rotatable bonds is 5. The van der Waals surface area contributed by atoms with Gasteiger partial charge in [-0.1, -0.05) is 133 Å². The molecule has 0 fully saturated rings. The van der Waals surface area contributed by atoms with Gasteiger partial charge >= 0.3 is 0 Å². The summed E-state index contributed by atoms with van der Waals surface area (Å²) in [7, 11) is 0. The molecule has 0 saturated heterocycles. The number of hydrogen-bond acceptors (Lipinski definition) is 6. The molecule has 0 amide bonds. The summed E-state index contributed by atoms with van der Waals surface area (Å²) in [6, 6.07) is 55.6. The predicted molar refractivity (Wildman–Crippen MR) is 217 cm³/mol. The third-order valence-corrected chi connectivity index (χ3v) is 10.2. The maximum atomic E-state index is 6.29. The number of pyridine rings is 1. The van der Waals surface area contributed by atoms with E-state index < -0.39 is 0 Å². The first-order valence-corrected chi connectivity index (χ1v) is 17.9. The number of fused-ring (bicyclic) bond motifs is 7. The van der Waals surface area contributed by atoms with Crippen LogP contribution in [0, 0.1) is 0 Å². The molecule has 7 aromatic carbocycles. The molecule has 6 nitrogen and oxygen atoms in total. The number of para-hydroxylation sites is 2. The zero-order chi connectivity index (χ0) is 35.6. The zero-order valence-corrected chi connectivity index (χ0v) is 28.8. The highest BCUT2D eigenvalue weighted by molar-refractivity contribution is 6.15. The van der Waals surface area contributed by atoms with E-state index in [1.54, 1.807) is 0 Å². The SMILES string of the molecule is c1ccc(-c2cccc(-c3nc(-c4cccc5c(-c6nccc7oc8ccccc8c67)cccc45)nc(-c4cccc5oc6ccccc6c45)n3)c2)cc1. The molecular weight excluding hydrogens is 665 g/mol. The van der Waals surface area contributed by atoms with Crippen LogP contribution in [0.3, 0.4) is 0 Å². The molecule has 0 aliphatic heterocycles. The van der Waals surface area contributed by atoms with E-state index in [4.69, 9.17) is 28.8 Å². The van der Waals surface area contributed by atoms with E-state index in [1.807, 2.05) is 66.9 Å². The smallest absolute Gasteiger partial charge is 0.164 e. The molecule has 0 aliphatic carbocycles. The van der Waals surface area contributed by atoms with Crippen LogP contribution in [0.2, 0.25) is 0 Å². The first kappa shape index (κ1) is 30.2. The second-order valence-corrected chi connectivity index (χ2v) is 13.4. The maximum Gasteiger partial charge on any atom is 0.164 e. The summed E-state index contributed by atoms with van der Waals surface area (Å²) in [5.41, 5.74) is 10.0. The van der Waals surface area contributed by atoms with Crippen molar-refractivity contribution in [3.8, 4) is 56.5 Å². The first-order chi connectivity index (χ1) is 26.8. The Balaban J connectivity index is 1.16. The Hall–Kier alpha value is -7.44. The molecule has 4 aromatic heterocycles. The Labute approximate surface area is 309 Å². The van der Waals surface area contributed by atoms with Crippen molar-refractivity contribution in [2.24, 2.45) is 0 Å². The number of aromatic nitrogens is 4. The normalized spacial score (nSPS) is 11.7. The van der Waals surface area contributed by atoms with Gasteiger partial charge in [0.1, 0.15) is 22.3 Å². The number of nitrogens with zero attached hydrogens (tertiary/aromatic N) is 4. The average Bonchev–Trinajstić information content (AvgIpc) is 3.82. The van der Waals surface area contributed by atoms with E-state index in [0.29, 0.717) is 17.5 Å². The zero-order valence-electron chi connectivity index (χ0n) is 28.8. The van der Waals surface area contributed by atoms with Gasteiger partial charge < -0.3 is 8.83 Å². The third kappa shape index (κ3) is 4.81. The Morgan fingerprint density at radius 2 is 0.852 bits per heavy atom. The average molecular weight is 693 g/mol. The Bertz CT molecular complexity index is 3240. The highest BCUT2D eigenvalue weighted by Crippen LogP contribution is 2.41. The molecule has 4 heterocycles. The highest BCUT2D eigenvalue weighted by atomic mass is 16.3. The fourth-order valence-corrected chi connectivity index (χ4v) is 7.76. The summed E-state index contributed by atoms with van der Waals surface area (Å²) >= 11 is 0. The van der Waals surface area contributed by atoms with Gasteiger partial charge in [-0.15, -0.1) is 0 Å². The molecule has 0 radical (unpaired) electrons. The third-order valence-electron chi connectivity index (χ3n) is 10.2. The van der Waals surface area contributed by atoms with Crippen molar-refractivity contribution in [2.75, 3.05) is 0 Å². The Morgan fingerprint density at radius 3 is 1.65 bits per heavy atom. The molecule has 0 N–H and O–H groups in total. The van der Waals surface area contributed by atoms with E-state index in [1.165, 1.54) is 0 Å². The minimum Gasteiger partial charge on any atom is -0.456 e. The molecule has 0 spiro atoms. The van der Waals surface area contributed by atoms with Crippen LogP contribution in [0.5, 0.6) is 0 Å². The molecule has 0 aliphatic rings. The monoisotopic (exact) mass is 692 g/mol. The summed E-state index contributed by atoms with van der Waals surface area (Å²) < 4.78 is 12.5. The molecule has 252 valence electrons. The second kappa shape index (κ2) is 12.1. The van der Waals surface area contributed by atoms with Gasteiger partial charge in [0.15, 0.2) is 17.5 Å². The van der Waals surface area contributed by atoms with Gasteiger partial charge in [0.25, 0.3) is 0 Å². The minimum absolute atomic E-state index is 0.571. The Morgan fingerprint density at radius 1 is 0.333 bits per heavy atom. The van der Waals surface area contributed by atoms with Crippen molar-refractivity contribution >= 4 is 54.6 Å². The summed E-state index contributed by atoms with van der Waals surface area (Å²) in [6.45, 7) is 0. The number of hydrogen-bond donors (Lipinski definition) is 0. The lowest BCUT2D eigenvalue weighted by Crippen LogP contribution is -2.01. The first-order valence-electron chi connectivity index (χ1n) is 17.9. The molecule has 0 unspecified atom stereocenters. The van der Waals surface area contributed by atoms with Gasteiger partial charge in [-0.05, 0) is 52.2 Å². The molecule has 11 aromatic rings. The maximum absolute atomic E-state index is 6.29. The molecule has 0 atom stereocenters. The summed E-state index contributed by atoms with van der Waals surface area (Å²) in [5.74, 6) is 1.73. The van der Waals surface area contributed by atoms with Crippen molar-refractivity contribution in [1.29, 1.82) is 0 Å². The van der Waals surface area contributed by atoms with Gasteiger partial charge in [0, 0.05) is 44.6 Å². The van der Waals surface area contributed by atoms with E-state index >= 15 is 0 Å². The van der Waals surface area contributed by atoms with Crippen molar-refractivity contribution in [2.45, 2.75) is 0 Å². The summed E-state index contributed by atoms with van der Waals surface area (Å²) in [4.78, 5) is 20.6. The fraction of sp³-hybridized carbons (Fsp3) is 0.